The summed E-state index contributed by atoms with van der Waals surface area (Å²) in [5.41, 5.74) is 0.447. The second kappa shape index (κ2) is 7.93. The van der Waals surface area contributed by atoms with Gasteiger partial charge in [0.15, 0.2) is 0 Å². The summed E-state index contributed by atoms with van der Waals surface area (Å²) >= 11 is 1.44. The number of nitrogens with one attached hydrogen (secondary N) is 1. The van der Waals surface area contributed by atoms with Gasteiger partial charge < -0.3 is 10.1 Å². The number of esters is 1. The highest BCUT2D eigenvalue weighted by Gasteiger charge is 2.24. The van der Waals surface area contributed by atoms with Gasteiger partial charge in [0.05, 0.1) is 19.2 Å². The summed E-state index contributed by atoms with van der Waals surface area (Å²) in [4.78, 5) is 27.5. The Morgan fingerprint density at radius 1 is 1.35 bits per heavy atom. The lowest BCUT2D eigenvalue weighted by Crippen LogP contribution is -2.42. The van der Waals surface area contributed by atoms with Gasteiger partial charge in [0.25, 0.3) is 0 Å². The monoisotopic (exact) mass is 338 g/mol. The van der Waals surface area contributed by atoms with Gasteiger partial charge in [-0.15, -0.1) is 11.3 Å². The quantitative estimate of drug-likeness (QED) is 0.839. The van der Waals surface area contributed by atoms with E-state index in [-0.39, 0.29) is 5.91 Å². The second-order valence-corrected chi connectivity index (χ2v) is 7.63. The molecule has 1 fully saturated rings. The molecule has 0 saturated carbocycles. The van der Waals surface area contributed by atoms with Crippen LogP contribution in [-0.2, 0) is 16.0 Å². The van der Waals surface area contributed by atoms with Crippen molar-refractivity contribution in [1.82, 2.24) is 4.90 Å². The summed E-state index contributed by atoms with van der Waals surface area (Å²) in [6, 6.07) is 1.80. The van der Waals surface area contributed by atoms with Crippen LogP contribution in [0, 0.1) is 11.8 Å². The molecule has 5 nitrogen and oxygen atoms in total. The Labute approximate surface area is 142 Å². The summed E-state index contributed by atoms with van der Waals surface area (Å²) in [6.07, 6.45) is 2.04. The Morgan fingerprint density at radius 3 is 2.57 bits per heavy atom. The van der Waals surface area contributed by atoms with Gasteiger partial charge in [-0.25, -0.2) is 4.79 Å². The molecule has 0 bridgehead atoms. The molecule has 23 heavy (non-hydrogen) atoms. The van der Waals surface area contributed by atoms with Gasteiger partial charge in [0.1, 0.15) is 5.00 Å². The van der Waals surface area contributed by atoms with Gasteiger partial charge in [0, 0.05) is 18.0 Å². The van der Waals surface area contributed by atoms with Gasteiger partial charge in [-0.05, 0) is 30.7 Å². The number of methoxy groups -OCH3 is 1. The van der Waals surface area contributed by atoms with E-state index in [1.54, 1.807) is 6.07 Å². The van der Waals surface area contributed by atoms with Gasteiger partial charge in [-0.1, -0.05) is 20.8 Å². The fourth-order valence-corrected chi connectivity index (χ4v) is 4.26. The predicted octanol–water partition coefficient (Wildman–Crippen LogP) is 3.01. The molecule has 1 amide bonds. The number of amides is 1. The van der Waals surface area contributed by atoms with Crippen molar-refractivity contribution in [2.75, 3.05) is 32.1 Å². The Bertz CT molecular complexity index is 560. The van der Waals surface area contributed by atoms with Crippen LogP contribution in [-0.4, -0.2) is 43.5 Å². The minimum absolute atomic E-state index is 0.0686. The van der Waals surface area contributed by atoms with Gasteiger partial charge >= 0.3 is 5.97 Å². The Balaban J connectivity index is 2.02. The molecule has 2 heterocycles. The van der Waals surface area contributed by atoms with Crippen LogP contribution in [0.15, 0.2) is 6.07 Å². The smallest absolute Gasteiger partial charge is 0.340 e. The highest BCUT2D eigenvalue weighted by Crippen LogP contribution is 2.29. The average molecular weight is 338 g/mol. The largest absolute Gasteiger partial charge is 0.465 e. The molecule has 0 unspecified atom stereocenters. The Kier molecular flexibility index (Phi) is 6.18. The molecule has 0 aromatic carbocycles. The number of anilines is 1. The van der Waals surface area contributed by atoms with Crippen LogP contribution in [0.4, 0.5) is 5.00 Å². The summed E-state index contributed by atoms with van der Waals surface area (Å²) < 4.78 is 4.80. The molecule has 2 rings (SSSR count). The van der Waals surface area contributed by atoms with E-state index in [1.165, 1.54) is 24.9 Å². The number of aryl methyl sites for hydroxylation is 1. The highest BCUT2D eigenvalue weighted by atomic mass is 32.1. The maximum absolute atomic E-state index is 12.4. The number of ether oxygens (including phenoxy) is 1. The molecule has 1 aliphatic heterocycles. The summed E-state index contributed by atoms with van der Waals surface area (Å²) in [6.45, 7) is 8.74. The Hall–Kier alpha value is -1.40. The zero-order valence-electron chi connectivity index (χ0n) is 14.3. The molecule has 1 N–H and O–H groups in total. The maximum atomic E-state index is 12.4. The first-order valence-corrected chi connectivity index (χ1v) is 8.97. The van der Waals surface area contributed by atoms with Crippen LogP contribution in [0.1, 0.15) is 42.4 Å². The minimum atomic E-state index is -0.406. The zero-order chi connectivity index (χ0) is 17.0. The van der Waals surface area contributed by atoms with Crippen LogP contribution in [0.25, 0.3) is 0 Å². The lowest BCUT2D eigenvalue weighted by molar-refractivity contribution is -0.117. The van der Waals surface area contributed by atoms with Crippen molar-refractivity contribution in [1.29, 1.82) is 0 Å². The number of nitrogens with zero attached hydrogens (tertiary/aromatic N) is 1. The molecule has 0 spiro atoms. The third kappa shape index (κ3) is 4.78. The molecule has 0 aliphatic carbocycles. The van der Waals surface area contributed by atoms with E-state index in [9.17, 15) is 9.59 Å². The minimum Gasteiger partial charge on any atom is -0.465 e. The Morgan fingerprint density at radius 2 is 2.00 bits per heavy atom. The molecule has 2 atom stereocenters. The van der Waals surface area contributed by atoms with E-state index in [1.807, 2.05) is 6.92 Å². The van der Waals surface area contributed by atoms with Crippen LogP contribution < -0.4 is 5.32 Å². The molecule has 1 aliphatic rings. The number of carbonyl (C=O) groups is 2. The first kappa shape index (κ1) is 17.9. The van der Waals surface area contributed by atoms with Crippen LogP contribution in [0.5, 0.6) is 0 Å². The molecular weight excluding hydrogens is 312 g/mol. The number of hydrogen-bond donors (Lipinski definition) is 1. The van der Waals surface area contributed by atoms with Crippen molar-refractivity contribution >= 4 is 28.2 Å². The van der Waals surface area contributed by atoms with Crippen LogP contribution >= 0.6 is 11.3 Å². The number of hydrogen-bond acceptors (Lipinski definition) is 5. The van der Waals surface area contributed by atoms with E-state index < -0.39 is 5.97 Å². The van der Waals surface area contributed by atoms with Crippen molar-refractivity contribution in [3.63, 3.8) is 0 Å². The van der Waals surface area contributed by atoms with Gasteiger partial charge in [-0.3, -0.25) is 9.69 Å². The SMILES string of the molecule is CCc1cc(C(=O)OC)c(NC(=O)CN2C[C@H](C)C[C@H](C)C2)s1. The van der Waals surface area contributed by atoms with Crippen LogP contribution in [0.2, 0.25) is 0 Å². The van der Waals surface area contributed by atoms with E-state index in [2.05, 4.69) is 24.1 Å². The topological polar surface area (TPSA) is 58.6 Å². The summed E-state index contributed by atoms with van der Waals surface area (Å²) in [5, 5.41) is 3.49. The summed E-state index contributed by atoms with van der Waals surface area (Å²) in [5.74, 6) is 0.758. The third-order valence-corrected chi connectivity index (χ3v) is 5.30. The zero-order valence-corrected chi connectivity index (χ0v) is 15.2. The van der Waals surface area contributed by atoms with Gasteiger partial charge in [-0.2, -0.15) is 0 Å². The number of rotatable bonds is 5. The van der Waals surface area contributed by atoms with Crippen molar-refractivity contribution in [2.45, 2.75) is 33.6 Å². The van der Waals surface area contributed by atoms with Crippen molar-refractivity contribution < 1.29 is 14.3 Å². The normalized spacial score (nSPS) is 21.9. The predicted molar refractivity (Wildman–Crippen MR) is 93.1 cm³/mol. The van der Waals surface area contributed by atoms with E-state index in [4.69, 9.17) is 4.74 Å². The first-order chi connectivity index (χ1) is 10.9. The lowest BCUT2D eigenvalue weighted by Gasteiger charge is -2.34. The molecule has 1 saturated heterocycles. The third-order valence-electron chi connectivity index (χ3n) is 4.10. The number of piperidine rings is 1. The molecule has 1 aromatic rings. The number of thiophene rings is 1. The molecular formula is C17H26N2O3S. The number of likely N-dealkylation sites (tertiary alicyclic amines) is 1. The first-order valence-electron chi connectivity index (χ1n) is 8.16. The molecule has 128 valence electrons. The molecule has 0 radical (unpaired) electrons. The standard InChI is InChI=1S/C17H26N2O3S/c1-5-13-7-14(17(21)22-4)16(23-13)18-15(20)10-19-8-11(2)6-12(3)9-19/h7,11-12H,5-6,8-10H2,1-4H3,(H,18,20)/t11-,12+. The van der Waals surface area contributed by atoms with E-state index >= 15 is 0 Å². The van der Waals surface area contributed by atoms with Crippen molar-refractivity contribution in [2.24, 2.45) is 11.8 Å². The molecule has 6 heteroatoms. The van der Waals surface area contributed by atoms with E-state index in [0.717, 1.165) is 24.4 Å². The van der Waals surface area contributed by atoms with Crippen LogP contribution in [0.3, 0.4) is 0 Å². The van der Waals surface area contributed by atoms with Crippen molar-refractivity contribution in [3.05, 3.63) is 16.5 Å². The lowest BCUT2D eigenvalue weighted by atomic mass is 9.92. The van der Waals surface area contributed by atoms with Crippen molar-refractivity contribution in [3.8, 4) is 0 Å². The maximum Gasteiger partial charge on any atom is 0.340 e. The number of carbonyl (C=O) groups excluding carboxylic acids is 2. The average Bonchev–Trinajstić information content (AvgIpc) is 2.88. The fraction of sp³-hybridized carbons (Fsp3) is 0.647. The highest BCUT2D eigenvalue weighted by molar-refractivity contribution is 7.16. The second-order valence-electron chi connectivity index (χ2n) is 6.49. The summed E-state index contributed by atoms with van der Waals surface area (Å²) in [7, 11) is 1.35. The van der Waals surface area contributed by atoms with E-state index in [0.29, 0.717) is 28.9 Å². The van der Waals surface area contributed by atoms with Gasteiger partial charge in [0.2, 0.25) is 5.91 Å². The molecule has 1 aromatic heterocycles. The fourth-order valence-electron chi connectivity index (χ4n) is 3.26.